The van der Waals surface area contributed by atoms with Gasteiger partial charge in [0, 0.05) is 43.6 Å². The number of hydrogen-bond donors (Lipinski definition) is 0. The molecule has 1 aliphatic rings. The monoisotopic (exact) mass is 384 g/mol. The summed E-state index contributed by atoms with van der Waals surface area (Å²) in [5.41, 5.74) is 1.76. The minimum absolute atomic E-state index is 0.0420. The van der Waals surface area contributed by atoms with Gasteiger partial charge in [-0.05, 0) is 37.1 Å². The number of aryl methyl sites for hydroxylation is 1. The molecule has 0 atom stereocenters. The van der Waals surface area contributed by atoms with Crippen molar-refractivity contribution in [2.45, 2.75) is 32.7 Å². The Hall–Kier alpha value is -2.83. The molecule has 1 aromatic heterocycles. The molecule has 150 valence electrons. The molecule has 0 spiro atoms. The predicted molar refractivity (Wildman–Crippen MR) is 109 cm³/mol. The van der Waals surface area contributed by atoms with Gasteiger partial charge in [0.25, 0.3) is 5.56 Å². The van der Waals surface area contributed by atoms with Crippen molar-refractivity contribution in [3.05, 3.63) is 52.7 Å². The SMILES string of the molecule is CCCCc1cc(=O)n(CC(=O)N2CCN(c3ccc(OC)cc3)CC2)cn1. The summed E-state index contributed by atoms with van der Waals surface area (Å²) in [4.78, 5) is 33.2. The molecule has 1 aromatic carbocycles. The van der Waals surface area contributed by atoms with Crippen LogP contribution in [-0.2, 0) is 17.8 Å². The summed E-state index contributed by atoms with van der Waals surface area (Å²) in [6, 6.07) is 9.49. The Morgan fingerprint density at radius 2 is 1.86 bits per heavy atom. The molecule has 7 nitrogen and oxygen atoms in total. The Morgan fingerprint density at radius 3 is 2.46 bits per heavy atom. The van der Waals surface area contributed by atoms with E-state index in [0.29, 0.717) is 13.1 Å². The minimum Gasteiger partial charge on any atom is -0.497 e. The molecule has 1 amide bonds. The maximum Gasteiger partial charge on any atom is 0.253 e. The zero-order chi connectivity index (χ0) is 19.9. The molecule has 7 heteroatoms. The van der Waals surface area contributed by atoms with Gasteiger partial charge in [-0.15, -0.1) is 0 Å². The van der Waals surface area contributed by atoms with E-state index in [1.165, 1.54) is 10.9 Å². The molecule has 0 radical (unpaired) electrons. The van der Waals surface area contributed by atoms with Crippen LogP contribution in [0.25, 0.3) is 0 Å². The van der Waals surface area contributed by atoms with E-state index in [1.807, 2.05) is 29.2 Å². The number of ether oxygens (including phenoxy) is 1. The molecular weight excluding hydrogens is 356 g/mol. The Labute approximate surface area is 165 Å². The lowest BCUT2D eigenvalue weighted by atomic mass is 10.2. The van der Waals surface area contributed by atoms with E-state index < -0.39 is 0 Å². The van der Waals surface area contributed by atoms with Crippen LogP contribution >= 0.6 is 0 Å². The first-order valence-corrected chi connectivity index (χ1v) is 9.83. The normalized spacial score (nSPS) is 14.2. The van der Waals surface area contributed by atoms with Crippen molar-refractivity contribution in [3.8, 4) is 5.75 Å². The van der Waals surface area contributed by atoms with Crippen molar-refractivity contribution in [3.63, 3.8) is 0 Å². The molecule has 3 rings (SSSR count). The fourth-order valence-electron chi connectivity index (χ4n) is 3.33. The number of nitrogens with zero attached hydrogens (tertiary/aromatic N) is 4. The van der Waals surface area contributed by atoms with Gasteiger partial charge in [-0.25, -0.2) is 4.98 Å². The summed E-state index contributed by atoms with van der Waals surface area (Å²) in [5, 5.41) is 0. The fourth-order valence-corrected chi connectivity index (χ4v) is 3.33. The number of benzene rings is 1. The minimum atomic E-state index is -0.161. The number of hydrogen-bond acceptors (Lipinski definition) is 5. The summed E-state index contributed by atoms with van der Waals surface area (Å²) in [5.74, 6) is 0.789. The van der Waals surface area contributed by atoms with Gasteiger partial charge in [-0.1, -0.05) is 13.3 Å². The third-order valence-electron chi connectivity index (χ3n) is 5.10. The van der Waals surface area contributed by atoms with Crippen LogP contribution in [-0.4, -0.2) is 53.6 Å². The van der Waals surface area contributed by atoms with Gasteiger partial charge in [0.15, 0.2) is 0 Å². The lowest BCUT2D eigenvalue weighted by molar-refractivity contribution is -0.132. The Morgan fingerprint density at radius 1 is 1.14 bits per heavy atom. The van der Waals surface area contributed by atoms with Crippen molar-refractivity contribution >= 4 is 11.6 Å². The van der Waals surface area contributed by atoms with Crippen LogP contribution in [0.5, 0.6) is 5.75 Å². The second kappa shape index (κ2) is 9.39. The van der Waals surface area contributed by atoms with Gasteiger partial charge in [-0.3, -0.25) is 14.2 Å². The smallest absolute Gasteiger partial charge is 0.253 e. The highest BCUT2D eigenvalue weighted by atomic mass is 16.5. The van der Waals surface area contributed by atoms with Crippen LogP contribution < -0.4 is 15.2 Å². The standard InChI is InChI=1S/C21H28N4O3/c1-3-4-5-17-14-20(26)25(16-22-17)15-21(27)24-12-10-23(11-13-24)18-6-8-19(28-2)9-7-18/h6-9,14,16H,3-5,10-13,15H2,1-2H3. The largest absolute Gasteiger partial charge is 0.497 e. The number of amides is 1. The van der Waals surface area contributed by atoms with E-state index in [-0.39, 0.29) is 18.0 Å². The van der Waals surface area contributed by atoms with Gasteiger partial charge in [0.05, 0.1) is 13.4 Å². The summed E-state index contributed by atoms with van der Waals surface area (Å²) >= 11 is 0. The summed E-state index contributed by atoms with van der Waals surface area (Å²) in [6.45, 7) is 4.96. The number of anilines is 1. The molecule has 0 N–H and O–H groups in total. The van der Waals surface area contributed by atoms with E-state index in [4.69, 9.17) is 4.74 Å². The number of rotatable bonds is 7. The highest BCUT2D eigenvalue weighted by Gasteiger charge is 2.21. The van der Waals surface area contributed by atoms with Crippen LogP contribution in [0.1, 0.15) is 25.5 Å². The summed E-state index contributed by atoms with van der Waals surface area (Å²) in [6.07, 6.45) is 4.37. The van der Waals surface area contributed by atoms with Gasteiger partial charge in [-0.2, -0.15) is 0 Å². The van der Waals surface area contributed by atoms with Crippen molar-refractivity contribution in [2.75, 3.05) is 38.2 Å². The number of piperazine rings is 1. The molecule has 0 bridgehead atoms. The first-order chi connectivity index (χ1) is 13.6. The van der Waals surface area contributed by atoms with E-state index >= 15 is 0 Å². The third-order valence-corrected chi connectivity index (χ3v) is 5.10. The quantitative estimate of drug-likeness (QED) is 0.730. The molecule has 28 heavy (non-hydrogen) atoms. The van der Waals surface area contributed by atoms with Crippen LogP contribution in [0, 0.1) is 0 Å². The van der Waals surface area contributed by atoms with Crippen molar-refractivity contribution in [1.82, 2.24) is 14.5 Å². The maximum absolute atomic E-state index is 12.6. The average Bonchev–Trinajstić information content (AvgIpc) is 2.74. The molecule has 0 unspecified atom stereocenters. The fraction of sp³-hybridized carbons (Fsp3) is 0.476. The van der Waals surface area contributed by atoms with E-state index in [0.717, 1.165) is 49.5 Å². The second-order valence-electron chi connectivity index (χ2n) is 7.02. The highest BCUT2D eigenvalue weighted by molar-refractivity contribution is 5.76. The molecule has 2 heterocycles. The van der Waals surface area contributed by atoms with Crippen molar-refractivity contribution in [1.29, 1.82) is 0 Å². The van der Waals surface area contributed by atoms with Crippen LogP contribution in [0.15, 0.2) is 41.5 Å². The molecule has 1 saturated heterocycles. The van der Waals surface area contributed by atoms with Gasteiger partial charge >= 0.3 is 0 Å². The van der Waals surface area contributed by atoms with E-state index in [9.17, 15) is 9.59 Å². The Bertz CT molecular complexity index is 839. The van der Waals surface area contributed by atoms with Gasteiger partial charge < -0.3 is 14.5 Å². The Balaban J connectivity index is 1.54. The second-order valence-corrected chi connectivity index (χ2v) is 7.02. The number of carbonyl (C=O) groups excluding carboxylic acids is 1. The molecule has 1 fully saturated rings. The van der Waals surface area contributed by atoms with E-state index in [1.54, 1.807) is 13.2 Å². The van der Waals surface area contributed by atoms with Gasteiger partial charge in [0.2, 0.25) is 5.91 Å². The molecule has 0 aliphatic carbocycles. The Kier molecular flexibility index (Phi) is 6.68. The molecular formula is C21H28N4O3. The number of aromatic nitrogens is 2. The zero-order valence-corrected chi connectivity index (χ0v) is 16.6. The first kappa shape index (κ1) is 19.9. The third kappa shape index (κ3) is 4.91. The van der Waals surface area contributed by atoms with Crippen molar-refractivity contribution < 1.29 is 9.53 Å². The number of unbranched alkanes of at least 4 members (excludes halogenated alkanes) is 1. The summed E-state index contributed by atoms with van der Waals surface area (Å²) < 4.78 is 6.59. The molecule has 0 saturated carbocycles. The lowest BCUT2D eigenvalue weighted by Crippen LogP contribution is -2.50. The maximum atomic E-state index is 12.6. The average molecular weight is 384 g/mol. The van der Waals surface area contributed by atoms with Crippen LogP contribution in [0.3, 0.4) is 0 Å². The molecule has 2 aromatic rings. The molecule has 1 aliphatic heterocycles. The zero-order valence-electron chi connectivity index (χ0n) is 16.6. The van der Waals surface area contributed by atoms with Crippen molar-refractivity contribution in [2.24, 2.45) is 0 Å². The predicted octanol–water partition coefficient (Wildman–Crippen LogP) is 1.94. The van der Waals surface area contributed by atoms with Gasteiger partial charge in [0.1, 0.15) is 12.3 Å². The lowest BCUT2D eigenvalue weighted by Gasteiger charge is -2.36. The number of methoxy groups -OCH3 is 1. The summed E-state index contributed by atoms with van der Waals surface area (Å²) in [7, 11) is 1.65. The number of carbonyl (C=O) groups is 1. The highest BCUT2D eigenvalue weighted by Crippen LogP contribution is 2.20. The topological polar surface area (TPSA) is 67.7 Å². The van der Waals surface area contributed by atoms with Crippen LogP contribution in [0.4, 0.5) is 5.69 Å². The van der Waals surface area contributed by atoms with E-state index in [2.05, 4.69) is 16.8 Å². The van der Waals surface area contributed by atoms with Crippen LogP contribution in [0.2, 0.25) is 0 Å². The first-order valence-electron chi connectivity index (χ1n) is 9.83.